The van der Waals surface area contributed by atoms with E-state index in [1.54, 1.807) is 30.1 Å². The molecule has 2 fully saturated rings. The molecule has 23 heavy (non-hydrogen) atoms. The van der Waals surface area contributed by atoms with Crippen LogP contribution in [0.3, 0.4) is 0 Å². The topological polar surface area (TPSA) is 57.7 Å². The molecule has 1 aliphatic carbocycles. The van der Waals surface area contributed by atoms with Crippen LogP contribution in [0.1, 0.15) is 12.8 Å². The third kappa shape index (κ3) is 3.49. The van der Waals surface area contributed by atoms with Gasteiger partial charge in [-0.2, -0.15) is 4.31 Å². The maximum absolute atomic E-state index is 13.0. The van der Waals surface area contributed by atoms with Gasteiger partial charge < -0.3 is 4.90 Å². The summed E-state index contributed by atoms with van der Waals surface area (Å²) < 4.78 is 28.6. The van der Waals surface area contributed by atoms with Crippen molar-refractivity contribution in [2.75, 3.05) is 18.7 Å². The summed E-state index contributed by atoms with van der Waals surface area (Å²) in [6.07, 6.45) is 2.01. The van der Waals surface area contributed by atoms with E-state index in [4.69, 9.17) is 0 Å². The van der Waals surface area contributed by atoms with Gasteiger partial charge in [-0.3, -0.25) is 4.79 Å². The summed E-state index contributed by atoms with van der Waals surface area (Å²) in [5, 5.41) is 0. The largest absolute Gasteiger partial charge is 0.341 e. The van der Waals surface area contributed by atoms with Crippen LogP contribution in [0.15, 0.2) is 32.0 Å². The van der Waals surface area contributed by atoms with Crippen molar-refractivity contribution < 1.29 is 13.2 Å². The molecule has 1 saturated heterocycles. The molecule has 2 aliphatic rings. The molecule has 5 nitrogen and oxygen atoms in total. The summed E-state index contributed by atoms with van der Waals surface area (Å²) in [5.41, 5.74) is 0. The van der Waals surface area contributed by atoms with Crippen LogP contribution < -0.4 is 0 Å². The fourth-order valence-corrected chi connectivity index (χ4v) is 7.39. The normalized spacial score (nSPS) is 22.3. The van der Waals surface area contributed by atoms with E-state index in [1.165, 1.54) is 16.1 Å². The van der Waals surface area contributed by atoms with Gasteiger partial charge in [-0.15, -0.1) is 11.8 Å². The average Bonchev–Trinajstić information content (AvgIpc) is 3.21. The van der Waals surface area contributed by atoms with Gasteiger partial charge in [0, 0.05) is 27.8 Å². The van der Waals surface area contributed by atoms with Gasteiger partial charge in [-0.1, -0.05) is 15.9 Å². The summed E-state index contributed by atoms with van der Waals surface area (Å²) in [6.45, 7) is 0. The first-order valence-corrected chi connectivity index (χ1v) is 11.3. The Hall–Kier alpha value is -0.0900. The summed E-state index contributed by atoms with van der Waals surface area (Å²) >= 11 is 8.10. The van der Waals surface area contributed by atoms with E-state index in [0.29, 0.717) is 16.1 Å². The van der Waals surface area contributed by atoms with E-state index in [-0.39, 0.29) is 16.8 Å². The van der Waals surface area contributed by atoms with Gasteiger partial charge in [0.2, 0.25) is 15.9 Å². The Bertz CT molecular complexity index is 738. The predicted octanol–water partition coefficient (Wildman–Crippen LogP) is 2.90. The first-order valence-electron chi connectivity index (χ1n) is 7.13. The molecule has 1 saturated carbocycles. The third-order valence-electron chi connectivity index (χ3n) is 4.05. The van der Waals surface area contributed by atoms with E-state index >= 15 is 0 Å². The number of rotatable bonds is 4. The molecule has 1 aliphatic heterocycles. The Morgan fingerprint density at radius 1 is 1.35 bits per heavy atom. The second-order valence-electron chi connectivity index (χ2n) is 5.66. The molecule has 0 radical (unpaired) electrons. The smallest absolute Gasteiger partial charge is 0.245 e. The number of carbonyl (C=O) groups is 1. The molecule has 1 atom stereocenters. The predicted molar refractivity (Wildman–Crippen MR) is 97.8 cm³/mol. The van der Waals surface area contributed by atoms with Crippen LogP contribution in [0, 0.1) is 0 Å². The average molecular weight is 484 g/mol. The molecular formula is C14H16Br2N2O3S2. The molecule has 9 heteroatoms. The van der Waals surface area contributed by atoms with Crippen LogP contribution in [0.5, 0.6) is 0 Å². The maximum Gasteiger partial charge on any atom is 0.245 e. The van der Waals surface area contributed by atoms with E-state index in [0.717, 1.165) is 17.3 Å². The zero-order valence-electron chi connectivity index (χ0n) is 12.4. The zero-order valence-corrected chi connectivity index (χ0v) is 17.2. The Kier molecular flexibility index (Phi) is 5.14. The lowest BCUT2D eigenvalue weighted by molar-refractivity contribution is -0.133. The zero-order chi connectivity index (χ0) is 16.8. The van der Waals surface area contributed by atoms with Gasteiger partial charge in [0.25, 0.3) is 0 Å². The van der Waals surface area contributed by atoms with Crippen LogP contribution in [0.4, 0.5) is 0 Å². The molecule has 0 bridgehead atoms. The second-order valence-corrected chi connectivity index (χ2v) is 10.3. The highest BCUT2D eigenvalue weighted by molar-refractivity contribution is 9.11. The minimum absolute atomic E-state index is 0.102. The van der Waals surface area contributed by atoms with Crippen molar-refractivity contribution in [2.45, 2.75) is 29.8 Å². The number of thioether (sulfide) groups is 1. The van der Waals surface area contributed by atoms with E-state index in [9.17, 15) is 13.2 Å². The van der Waals surface area contributed by atoms with Crippen molar-refractivity contribution in [3.63, 3.8) is 0 Å². The van der Waals surface area contributed by atoms with Gasteiger partial charge in [-0.25, -0.2) is 8.42 Å². The minimum atomic E-state index is -3.72. The molecule has 1 unspecified atom stereocenters. The monoisotopic (exact) mass is 482 g/mol. The fraction of sp³-hybridized carbons (Fsp3) is 0.500. The molecule has 3 rings (SSSR count). The number of nitrogens with zero attached hydrogens (tertiary/aromatic N) is 2. The highest BCUT2D eigenvalue weighted by Gasteiger charge is 2.43. The highest BCUT2D eigenvalue weighted by Crippen LogP contribution is 2.35. The van der Waals surface area contributed by atoms with E-state index in [1.807, 2.05) is 0 Å². The molecule has 126 valence electrons. The van der Waals surface area contributed by atoms with Crippen molar-refractivity contribution in [2.24, 2.45) is 0 Å². The molecule has 1 amide bonds. The number of sulfonamides is 1. The van der Waals surface area contributed by atoms with Gasteiger partial charge >= 0.3 is 0 Å². The quantitative estimate of drug-likeness (QED) is 0.660. The van der Waals surface area contributed by atoms with Crippen LogP contribution in [-0.2, 0) is 14.8 Å². The summed E-state index contributed by atoms with van der Waals surface area (Å²) in [7, 11) is -1.95. The Morgan fingerprint density at radius 2 is 2.04 bits per heavy atom. The number of halogens is 2. The summed E-state index contributed by atoms with van der Waals surface area (Å²) in [6, 6.07) is 4.60. The van der Waals surface area contributed by atoms with E-state index in [2.05, 4.69) is 31.9 Å². The van der Waals surface area contributed by atoms with Gasteiger partial charge in [0.15, 0.2) is 0 Å². The van der Waals surface area contributed by atoms with E-state index < -0.39 is 16.1 Å². The van der Waals surface area contributed by atoms with Crippen LogP contribution in [0.2, 0.25) is 0 Å². The number of hydrogen-bond donors (Lipinski definition) is 0. The van der Waals surface area contributed by atoms with Crippen molar-refractivity contribution in [3.05, 3.63) is 27.1 Å². The van der Waals surface area contributed by atoms with Gasteiger partial charge in [-0.05, 0) is 47.0 Å². The molecule has 1 heterocycles. The third-order valence-corrected chi connectivity index (χ3v) is 8.55. The second kappa shape index (κ2) is 6.67. The highest BCUT2D eigenvalue weighted by atomic mass is 79.9. The van der Waals surface area contributed by atoms with Gasteiger partial charge in [0.1, 0.15) is 6.04 Å². The van der Waals surface area contributed by atoms with Crippen molar-refractivity contribution in [3.8, 4) is 0 Å². The number of benzene rings is 1. The van der Waals surface area contributed by atoms with Crippen LogP contribution in [0.25, 0.3) is 0 Å². The number of carbonyl (C=O) groups excluding carboxylic acids is 1. The first kappa shape index (κ1) is 17.7. The first-order chi connectivity index (χ1) is 10.8. The standard InChI is InChI=1S/C14H16Br2N2O3S2/c1-17(10-3-4-10)14(19)12-7-22-8-18(12)23(20,21)13-5-2-9(15)6-11(13)16/h2,5-6,10,12H,3-4,7-8H2,1H3. The van der Waals surface area contributed by atoms with Crippen molar-refractivity contribution >= 4 is 59.6 Å². The molecule has 0 N–H and O–H groups in total. The Balaban J connectivity index is 1.90. The van der Waals surface area contributed by atoms with Crippen molar-refractivity contribution in [1.82, 2.24) is 9.21 Å². The van der Waals surface area contributed by atoms with Crippen molar-refractivity contribution in [1.29, 1.82) is 0 Å². The summed E-state index contributed by atoms with van der Waals surface area (Å²) in [4.78, 5) is 14.5. The molecule has 1 aromatic rings. The lowest BCUT2D eigenvalue weighted by Crippen LogP contribution is -2.48. The fourth-order valence-electron chi connectivity index (χ4n) is 2.55. The number of likely N-dealkylation sites (N-methyl/N-ethyl adjacent to an activating group) is 1. The number of hydrogen-bond acceptors (Lipinski definition) is 4. The molecule has 0 spiro atoms. The van der Waals surface area contributed by atoms with Gasteiger partial charge in [0.05, 0.1) is 10.8 Å². The minimum Gasteiger partial charge on any atom is -0.341 e. The molecule has 0 aromatic heterocycles. The lowest BCUT2D eigenvalue weighted by atomic mass is 10.3. The SMILES string of the molecule is CN(C(=O)C1CSCN1S(=O)(=O)c1ccc(Br)cc1Br)C1CC1. The van der Waals surface area contributed by atoms with Crippen LogP contribution in [-0.4, -0.2) is 54.3 Å². The van der Waals surface area contributed by atoms with Crippen LogP contribution >= 0.6 is 43.6 Å². The molecule has 1 aromatic carbocycles. The Morgan fingerprint density at radius 3 is 2.65 bits per heavy atom. The summed E-state index contributed by atoms with van der Waals surface area (Å²) in [5.74, 6) is 0.706. The maximum atomic E-state index is 13.0. The number of amides is 1. The lowest BCUT2D eigenvalue weighted by Gasteiger charge is -2.27. The molecular weight excluding hydrogens is 468 g/mol. The Labute approximate surface area is 157 Å².